The van der Waals surface area contributed by atoms with Crippen molar-refractivity contribution in [3.05, 3.63) is 21.5 Å². The first-order chi connectivity index (χ1) is 3.80. The van der Waals surface area contributed by atoms with Gasteiger partial charge in [-0.2, -0.15) is 0 Å². The van der Waals surface area contributed by atoms with Gasteiger partial charge in [-0.1, -0.05) is 0 Å². The molecule has 0 spiro atoms. The van der Waals surface area contributed by atoms with Crippen LogP contribution in [0.25, 0.3) is 0 Å². The van der Waals surface area contributed by atoms with Crippen molar-refractivity contribution in [1.82, 2.24) is 0 Å². The van der Waals surface area contributed by atoms with Crippen molar-refractivity contribution in [2.24, 2.45) is 0 Å². The van der Waals surface area contributed by atoms with E-state index in [1.165, 1.54) is 4.44 Å². The molecule has 0 N–H and O–H groups in total. The van der Waals surface area contributed by atoms with Gasteiger partial charge in [0.2, 0.25) is 0 Å². The molecule has 1 heterocycles. The van der Waals surface area contributed by atoms with E-state index in [-0.39, 0.29) is 0 Å². The molecular formula is C7H9Se. The van der Waals surface area contributed by atoms with Crippen molar-refractivity contribution in [3.63, 3.8) is 0 Å². The molecule has 0 saturated carbocycles. The topological polar surface area (TPSA) is 0 Å². The van der Waals surface area contributed by atoms with Crippen LogP contribution in [0.15, 0.2) is 11.0 Å². The van der Waals surface area contributed by atoms with E-state index >= 15 is 0 Å². The summed E-state index contributed by atoms with van der Waals surface area (Å²) in [5, 5.41) is 0. The van der Waals surface area contributed by atoms with E-state index < -0.39 is 0 Å². The molecule has 8 heavy (non-hydrogen) atoms. The predicted molar refractivity (Wildman–Crippen MR) is 36.3 cm³/mol. The third-order valence-electron chi connectivity index (χ3n) is 1.01. The quantitative estimate of drug-likeness (QED) is 0.565. The SMILES string of the molecule is CC(C)c1[c]cc[se]1. The first-order valence-corrected chi connectivity index (χ1v) is 4.60. The summed E-state index contributed by atoms with van der Waals surface area (Å²) in [5.41, 5.74) is 0. The fraction of sp³-hybridized carbons (Fsp3) is 0.429. The molecule has 0 bridgehead atoms. The van der Waals surface area contributed by atoms with E-state index in [4.69, 9.17) is 0 Å². The van der Waals surface area contributed by atoms with Crippen LogP contribution in [-0.4, -0.2) is 14.5 Å². The summed E-state index contributed by atoms with van der Waals surface area (Å²) >= 11 is 0.633. The van der Waals surface area contributed by atoms with Crippen LogP contribution in [0.4, 0.5) is 0 Å². The Kier molecular flexibility index (Phi) is 1.93. The summed E-state index contributed by atoms with van der Waals surface area (Å²) in [6.07, 6.45) is 0. The van der Waals surface area contributed by atoms with E-state index in [0.29, 0.717) is 20.4 Å². The van der Waals surface area contributed by atoms with Gasteiger partial charge in [0.25, 0.3) is 0 Å². The molecule has 0 saturated heterocycles. The van der Waals surface area contributed by atoms with Gasteiger partial charge in [-0.25, -0.2) is 0 Å². The molecule has 1 aromatic heterocycles. The third kappa shape index (κ3) is 1.24. The van der Waals surface area contributed by atoms with Crippen molar-refractivity contribution in [1.29, 1.82) is 0 Å². The van der Waals surface area contributed by atoms with Crippen molar-refractivity contribution in [2.45, 2.75) is 19.8 Å². The third-order valence-corrected chi connectivity index (χ3v) is 3.35. The van der Waals surface area contributed by atoms with E-state index in [1.807, 2.05) is 6.07 Å². The molecule has 0 fully saturated rings. The maximum atomic E-state index is 3.22. The average molecular weight is 172 g/mol. The standard InChI is InChI=1S/C7H9Se/c1-6(2)7-4-3-5-8-7/h3,5-6H,1-2H3. The van der Waals surface area contributed by atoms with Crippen molar-refractivity contribution >= 4 is 14.5 Å². The van der Waals surface area contributed by atoms with Gasteiger partial charge in [-0.05, 0) is 0 Å². The van der Waals surface area contributed by atoms with Gasteiger partial charge in [0.05, 0.1) is 0 Å². The zero-order valence-corrected chi connectivity index (χ0v) is 6.85. The van der Waals surface area contributed by atoms with Gasteiger partial charge in [0.1, 0.15) is 0 Å². The van der Waals surface area contributed by atoms with Crippen molar-refractivity contribution in [3.8, 4) is 0 Å². The zero-order valence-electron chi connectivity index (χ0n) is 5.14. The first kappa shape index (κ1) is 6.12. The van der Waals surface area contributed by atoms with E-state index in [9.17, 15) is 0 Å². The zero-order chi connectivity index (χ0) is 5.98. The molecule has 0 unspecified atom stereocenters. The molecule has 0 aromatic carbocycles. The fourth-order valence-corrected chi connectivity index (χ4v) is 2.01. The monoisotopic (exact) mass is 173 g/mol. The molecular weight excluding hydrogens is 163 g/mol. The summed E-state index contributed by atoms with van der Waals surface area (Å²) in [6, 6.07) is 5.26. The Morgan fingerprint density at radius 3 is 2.62 bits per heavy atom. The van der Waals surface area contributed by atoms with Gasteiger partial charge in [-0.3, -0.25) is 0 Å². The molecule has 0 nitrogen and oxygen atoms in total. The Morgan fingerprint density at radius 1 is 1.62 bits per heavy atom. The summed E-state index contributed by atoms with van der Waals surface area (Å²) in [7, 11) is 0. The van der Waals surface area contributed by atoms with Crippen LogP contribution >= 0.6 is 0 Å². The molecule has 0 aliphatic rings. The molecule has 0 amide bonds. The molecule has 1 radical (unpaired) electrons. The molecule has 0 aliphatic carbocycles. The van der Waals surface area contributed by atoms with Crippen LogP contribution in [0.1, 0.15) is 24.2 Å². The van der Waals surface area contributed by atoms with Crippen LogP contribution in [-0.2, 0) is 0 Å². The van der Waals surface area contributed by atoms with Crippen molar-refractivity contribution < 1.29 is 0 Å². The van der Waals surface area contributed by atoms with Crippen LogP contribution in [0.3, 0.4) is 0 Å². The van der Waals surface area contributed by atoms with Gasteiger partial charge in [0.15, 0.2) is 0 Å². The van der Waals surface area contributed by atoms with Gasteiger partial charge < -0.3 is 0 Å². The minimum absolute atomic E-state index is 0.633. The van der Waals surface area contributed by atoms with E-state index in [2.05, 4.69) is 24.9 Å². The predicted octanol–water partition coefficient (Wildman–Crippen LogP) is 1.67. The van der Waals surface area contributed by atoms with Gasteiger partial charge in [-0.15, -0.1) is 0 Å². The maximum absolute atomic E-state index is 3.22. The Morgan fingerprint density at radius 2 is 2.38 bits per heavy atom. The van der Waals surface area contributed by atoms with Crippen LogP contribution in [0.2, 0.25) is 0 Å². The summed E-state index contributed by atoms with van der Waals surface area (Å²) < 4.78 is 1.50. The summed E-state index contributed by atoms with van der Waals surface area (Å²) in [6.45, 7) is 4.44. The molecule has 0 aliphatic heterocycles. The average Bonchev–Trinajstić information content (AvgIpc) is 2.12. The number of hydrogen-bond donors (Lipinski definition) is 0. The number of hydrogen-bond acceptors (Lipinski definition) is 0. The summed E-state index contributed by atoms with van der Waals surface area (Å²) in [5.74, 6) is 0.713. The van der Waals surface area contributed by atoms with Gasteiger partial charge in [0, 0.05) is 0 Å². The molecule has 1 aromatic rings. The Bertz CT molecular complexity index is 139. The Balaban J connectivity index is 2.77. The van der Waals surface area contributed by atoms with Crippen LogP contribution in [0, 0.1) is 6.07 Å². The second-order valence-electron chi connectivity index (χ2n) is 2.08. The summed E-state index contributed by atoms with van der Waals surface area (Å²) in [4.78, 5) is 2.21. The van der Waals surface area contributed by atoms with Crippen LogP contribution in [0.5, 0.6) is 0 Å². The molecule has 1 rings (SSSR count). The van der Waals surface area contributed by atoms with Crippen LogP contribution < -0.4 is 0 Å². The molecule has 43 valence electrons. The minimum atomic E-state index is 0.633. The number of rotatable bonds is 1. The van der Waals surface area contributed by atoms with Gasteiger partial charge >= 0.3 is 55.8 Å². The van der Waals surface area contributed by atoms with E-state index in [0.717, 1.165) is 0 Å². The normalized spacial score (nSPS) is 10.4. The first-order valence-electron chi connectivity index (χ1n) is 2.76. The fourth-order valence-electron chi connectivity index (χ4n) is 0.560. The second kappa shape index (κ2) is 2.52. The molecule has 0 atom stereocenters. The Hall–Kier alpha value is -0.000519. The second-order valence-corrected chi connectivity index (χ2v) is 4.07. The van der Waals surface area contributed by atoms with E-state index in [1.54, 1.807) is 0 Å². The Labute approximate surface area is 56.3 Å². The molecule has 1 heteroatoms. The van der Waals surface area contributed by atoms with Crippen molar-refractivity contribution in [2.75, 3.05) is 0 Å².